The number of alkyl halides is 3. The number of benzene rings is 1. The van der Waals surface area contributed by atoms with Crippen molar-refractivity contribution in [3.05, 3.63) is 53.9 Å². The van der Waals surface area contributed by atoms with E-state index in [9.17, 15) is 13.2 Å². The molecule has 1 aliphatic heterocycles. The summed E-state index contributed by atoms with van der Waals surface area (Å²) in [5.74, 6) is 0.518. The van der Waals surface area contributed by atoms with Gasteiger partial charge in [-0.1, -0.05) is 6.07 Å². The van der Waals surface area contributed by atoms with Gasteiger partial charge < -0.3 is 10.6 Å². The molecule has 0 spiro atoms. The van der Waals surface area contributed by atoms with Gasteiger partial charge in [0.15, 0.2) is 0 Å². The number of nitrogens with zero attached hydrogens (tertiary/aromatic N) is 3. The molecule has 0 aliphatic carbocycles. The Morgan fingerprint density at radius 2 is 2.00 bits per heavy atom. The molecule has 1 atom stereocenters. The lowest BCUT2D eigenvalue weighted by molar-refractivity contribution is -0.138. The maximum absolute atomic E-state index is 13.3. The predicted molar refractivity (Wildman–Crippen MR) is 82.6 cm³/mol. The van der Waals surface area contributed by atoms with Crippen molar-refractivity contribution in [2.75, 3.05) is 4.90 Å². The Morgan fingerprint density at radius 1 is 1.22 bits per heavy atom. The van der Waals surface area contributed by atoms with Crippen LogP contribution < -0.4 is 10.6 Å². The highest BCUT2D eigenvalue weighted by Gasteiger charge is 2.36. The second-order valence-corrected chi connectivity index (χ2v) is 5.36. The summed E-state index contributed by atoms with van der Waals surface area (Å²) >= 11 is 0. The van der Waals surface area contributed by atoms with Gasteiger partial charge >= 0.3 is 6.18 Å². The van der Waals surface area contributed by atoms with Crippen LogP contribution in [0.3, 0.4) is 0 Å². The lowest BCUT2D eigenvalue weighted by Gasteiger charge is -2.33. The van der Waals surface area contributed by atoms with E-state index in [4.69, 9.17) is 5.73 Å². The number of halogens is 3. The van der Waals surface area contributed by atoms with Gasteiger partial charge in [0.1, 0.15) is 5.84 Å². The van der Waals surface area contributed by atoms with Crippen LogP contribution in [0, 0.1) is 0 Å². The number of pyridine rings is 1. The number of rotatable bonds is 2. The van der Waals surface area contributed by atoms with Crippen LogP contribution >= 0.6 is 0 Å². The van der Waals surface area contributed by atoms with E-state index in [2.05, 4.69) is 9.98 Å². The summed E-state index contributed by atoms with van der Waals surface area (Å²) in [5, 5.41) is 0. The van der Waals surface area contributed by atoms with Gasteiger partial charge in [0.25, 0.3) is 0 Å². The number of anilines is 1. The second-order valence-electron chi connectivity index (χ2n) is 5.36. The van der Waals surface area contributed by atoms with E-state index in [1.165, 1.54) is 6.07 Å². The Hall–Kier alpha value is -2.41. The topological polar surface area (TPSA) is 54.5 Å². The van der Waals surface area contributed by atoms with Crippen LogP contribution in [0.2, 0.25) is 0 Å². The first-order valence-electron chi connectivity index (χ1n) is 7.08. The molecule has 1 aromatic carbocycles. The van der Waals surface area contributed by atoms with Crippen molar-refractivity contribution in [1.29, 1.82) is 0 Å². The minimum atomic E-state index is -4.42. The molecule has 0 saturated carbocycles. The van der Waals surface area contributed by atoms with Crippen LogP contribution in [-0.2, 0) is 12.7 Å². The molecule has 1 aromatic heterocycles. The van der Waals surface area contributed by atoms with Crippen LogP contribution in [0.5, 0.6) is 0 Å². The number of amidine groups is 1. The van der Waals surface area contributed by atoms with Gasteiger partial charge in [-0.2, -0.15) is 13.2 Å². The molecule has 2 aromatic rings. The molecule has 2 N–H and O–H groups in total. The van der Waals surface area contributed by atoms with Crippen LogP contribution in [0.4, 0.5) is 24.5 Å². The first kappa shape index (κ1) is 15.5. The maximum atomic E-state index is 13.3. The maximum Gasteiger partial charge on any atom is 0.416 e. The second kappa shape index (κ2) is 5.66. The largest absolute Gasteiger partial charge is 0.416 e. The molecular formula is C16H15F3N4. The van der Waals surface area contributed by atoms with Crippen molar-refractivity contribution in [3.8, 4) is 0 Å². The number of fused-ring (bicyclic) bond motifs is 1. The van der Waals surface area contributed by atoms with E-state index in [1.807, 2.05) is 0 Å². The van der Waals surface area contributed by atoms with E-state index in [0.717, 1.165) is 6.07 Å². The summed E-state index contributed by atoms with van der Waals surface area (Å²) in [6.07, 6.45) is -1.24. The molecule has 0 fully saturated rings. The molecular weight excluding hydrogens is 305 g/mol. The Morgan fingerprint density at radius 3 is 2.61 bits per heavy atom. The van der Waals surface area contributed by atoms with E-state index >= 15 is 0 Å². The third kappa shape index (κ3) is 2.92. The SMILES string of the molecule is C[C@H](N)C1=Nc2cccc(C(F)(F)F)c2CN1c1cccnc1. The summed E-state index contributed by atoms with van der Waals surface area (Å²) in [6.45, 7) is 1.80. The Labute approximate surface area is 131 Å². The average Bonchev–Trinajstić information content (AvgIpc) is 2.52. The molecule has 2 heterocycles. The Balaban J connectivity index is 2.15. The van der Waals surface area contributed by atoms with Gasteiger partial charge in [0, 0.05) is 11.8 Å². The minimum absolute atomic E-state index is 0.0527. The van der Waals surface area contributed by atoms with Gasteiger partial charge in [-0.05, 0) is 31.2 Å². The smallest absolute Gasteiger partial charge is 0.323 e. The normalized spacial score (nSPS) is 15.9. The fourth-order valence-corrected chi connectivity index (χ4v) is 2.62. The summed E-state index contributed by atoms with van der Waals surface area (Å²) < 4.78 is 39.8. The predicted octanol–water partition coefficient (Wildman–Crippen LogP) is 3.50. The molecule has 1 aliphatic rings. The van der Waals surface area contributed by atoms with Crippen molar-refractivity contribution in [2.24, 2.45) is 10.7 Å². The lowest BCUT2D eigenvalue weighted by atomic mass is 10.0. The highest BCUT2D eigenvalue weighted by atomic mass is 19.4. The Bertz CT molecular complexity index is 739. The molecule has 0 radical (unpaired) electrons. The monoisotopic (exact) mass is 320 g/mol. The fraction of sp³-hybridized carbons (Fsp3) is 0.250. The van der Waals surface area contributed by atoms with Crippen molar-refractivity contribution in [2.45, 2.75) is 25.7 Å². The number of hydrogen-bond acceptors (Lipinski definition) is 4. The third-order valence-electron chi connectivity index (χ3n) is 3.65. The van der Waals surface area contributed by atoms with E-state index < -0.39 is 17.8 Å². The Kier molecular flexibility index (Phi) is 3.81. The quantitative estimate of drug-likeness (QED) is 0.921. The van der Waals surface area contributed by atoms with Gasteiger partial charge in [-0.15, -0.1) is 0 Å². The number of nitrogens with two attached hydrogens (primary N) is 1. The number of aliphatic imine (C=N–C) groups is 1. The van der Waals surface area contributed by atoms with Crippen LogP contribution in [0.1, 0.15) is 18.1 Å². The molecule has 4 nitrogen and oxygen atoms in total. The molecule has 0 saturated heterocycles. The van der Waals surface area contributed by atoms with Crippen molar-refractivity contribution in [1.82, 2.24) is 4.98 Å². The summed E-state index contributed by atoms with van der Waals surface area (Å²) in [5.41, 5.74) is 6.41. The highest BCUT2D eigenvalue weighted by Crippen LogP contribution is 2.39. The molecule has 0 unspecified atom stereocenters. The third-order valence-corrected chi connectivity index (χ3v) is 3.65. The summed E-state index contributed by atoms with van der Waals surface area (Å²) in [7, 11) is 0. The van der Waals surface area contributed by atoms with E-state index in [1.54, 1.807) is 42.4 Å². The molecule has 120 valence electrons. The zero-order valence-corrected chi connectivity index (χ0v) is 12.4. The van der Waals surface area contributed by atoms with Crippen LogP contribution in [-0.4, -0.2) is 16.9 Å². The zero-order chi connectivity index (χ0) is 16.6. The fourth-order valence-electron chi connectivity index (χ4n) is 2.62. The summed E-state index contributed by atoms with van der Waals surface area (Å²) in [6, 6.07) is 7.09. The van der Waals surface area contributed by atoms with Crippen molar-refractivity contribution in [3.63, 3.8) is 0 Å². The van der Waals surface area contributed by atoms with Gasteiger partial charge in [0.2, 0.25) is 0 Å². The van der Waals surface area contributed by atoms with E-state index in [0.29, 0.717) is 17.2 Å². The average molecular weight is 320 g/mol. The highest BCUT2D eigenvalue weighted by molar-refractivity contribution is 6.04. The van der Waals surface area contributed by atoms with Gasteiger partial charge in [-0.25, -0.2) is 4.99 Å². The van der Waals surface area contributed by atoms with Crippen molar-refractivity contribution < 1.29 is 13.2 Å². The summed E-state index contributed by atoms with van der Waals surface area (Å²) in [4.78, 5) is 10.1. The zero-order valence-electron chi connectivity index (χ0n) is 12.4. The van der Waals surface area contributed by atoms with Crippen LogP contribution in [0.25, 0.3) is 0 Å². The van der Waals surface area contributed by atoms with Gasteiger partial charge in [0.05, 0.1) is 35.7 Å². The van der Waals surface area contributed by atoms with Crippen molar-refractivity contribution >= 4 is 17.2 Å². The first-order chi connectivity index (χ1) is 10.9. The molecule has 0 amide bonds. The van der Waals surface area contributed by atoms with E-state index in [-0.39, 0.29) is 12.1 Å². The first-order valence-corrected chi connectivity index (χ1v) is 7.08. The van der Waals surface area contributed by atoms with Gasteiger partial charge in [-0.3, -0.25) is 4.98 Å². The molecule has 0 bridgehead atoms. The standard InChI is InChI=1S/C16H15F3N4/c1-10(20)15-22-14-6-2-5-13(16(17,18)19)12(14)9-23(15)11-4-3-7-21-8-11/h2-8,10H,9,20H2,1H3/t10-/m0/s1. The van der Waals surface area contributed by atoms with Crippen LogP contribution in [0.15, 0.2) is 47.7 Å². The molecule has 23 heavy (non-hydrogen) atoms. The number of hydrogen-bond donors (Lipinski definition) is 1. The molecule has 3 rings (SSSR count). The lowest BCUT2D eigenvalue weighted by Crippen LogP contribution is -2.44. The molecule has 7 heteroatoms. The number of aromatic nitrogens is 1. The minimum Gasteiger partial charge on any atom is -0.323 e.